The first-order chi connectivity index (χ1) is 37.7. The molecule has 2 heterocycles. The Balaban J connectivity index is 0.00000518. The Bertz CT molecular complexity index is 4590. The van der Waals surface area contributed by atoms with E-state index < -0.39 is 5.41 Å². The van der Waals surface area contributed by atoms with E-state index in [9.17, 15) is 0 Å². The van der Waals surface area contributed by atoms with Crippen LogP contribution in [0.1, 0.15) is 29.7 Å². The predicted molar refractivity (Wildman–Crippen MR) is 322 cm³/mol. The number of hydrogen-bond acceptors (Lipinski definition) is 2. The Morgan fingerprint density at radius 1 is 0.325 bits per heavy atom. The maximum absolute atomic E-state index is 6.81. The molecule has 3 heteroatoms. The highest BCUT2D eigenvalue weighted by molar-refractivity contribution is 6.15. The lowest BCUT2D eigenvalue weighted by molar-refractivity contribution is 0.669. The average Bonchev–Trinajstić information content (AvgIpc) is 4.29. The highest BCUT2D eigenvalue weighted by atomic mass is 16.3. The molecule has 14 aromatic rings. The van der Waals surface area contributed by atoms with Crippen LogP contribution in [0.15, 0.2) is 283 Å². The van der Waals surface area contributed by atoms with Crippen LogP contribution < -0.4 is 4.90 Å². The van der Waals surface area contributed by atoms with E-state index >= 15 is 0 Å². The number of benzene rings is 12. The van der Waals surface area contributed by atoms with Crippen molar-refractivity contribution in [3.8, 4) is 61.3 Å². The van der Waals surface area contributed by atoms with Crippen LogP contribution >= 0.6 is 0 Å². The molecular formula is C74H50N2O. The minimum Gasteiger partial charge on any atom is -0.456 e. The number of aromatic nitrogens is 1. The molecule has 16 rings (SSSR count). The first kappa shape index (κ1) is 44.5. The molecule has 12 aromatic carbocycles. The molecule has 0 unspecified atom stereocenters. The van der Waals surface area contributed by atoms with E-state index in [1.807, 2.05) is 0 Å². The molecular weight excluding hydrogens is 933 g/mol. The quantitative estimate of drug-likeness (QED) is 0.159. The summed E-state index contributed by atoms with van der Waals surface area (Å²) in [5.74, 6) is 0. The van der Waals surface area contributed by atoms with Crippen molar-refractivity contribution in [1.29, 1.82) is 0 Å². The van der Waals surface area contributed by atoms with Gasteiger partial charge in [-0.15, -0.1) is 0 Å². The number of anilines is 3. The van der Waals surface area contributed by atoms with Crippen molar-refractivity contribution < 1.29 is 4.42 Å². The molecule has 2 aromatic heterocycles. The molecule has 1 spiro atoms. The van der Waals surface area contributed by atoms with Crippen LogP contribution in [0.25, 0.3) is 105 Å². The highest BCUT2D eigenvalue weighted by Crippen LogP contribution is 2.64. The molecule has 3 nitrogen and oxygen atoms in total. The smallest absolute Gasteiger partial charge is 0.137 e. The summed E-state index contributed by atoms with van der Waals surface area (Å²) in [5.41, 5.74) is 25.5. The topological polar surface area (TPSA) is 21.3 Å². The van der Waals surface area contributed by atoms with Crippen molar-refractivity contribution in [2.24, 2.45) is 0 Å². The molecule has 0 aliphatic heterocycles. The summed E-state index contributed by atoms with van der Waals surface area (Å²) in [6, 6.07) is 102. The lowest BCUT2D eigenvalue weighted by Crippen LogP contribution is -2.25. The average molecular weight is 983 g/mol. The third-order valence-corrected chi connectivity index (χ3v) is 16.4. The molecule has 2 aliphatic carbocycles. The van der Waals surface area contributed by atoms with Gasteiger partial charge in [0.05, 0.1) is 27.5 Å². The fourth-order valence-corrected chi connectivity index (χ4v) is 13.2. The number of nitrogens with zero attached hydrogens (tertiary/aromatic N) is 2. The van der Waals surface area contributed by atoms with Crippen molar-refractivity contribution in [2.45, 2.75) is 12.8 Å². The SMILES string of the molecule is C.c1ccc(-c2ccc(N(c3cccc(-c4cccc5c4-c4ccccc4C54c5ccccc5-c5ccccc54)c3)c3cccc4oc5ccc(-c6ccc7c(c6)c6ccccc6n7-c6ccccc6)cc5c34)cc2)cc1. The molecule has 0 radical (unpaired) electrons. The Labute approximate surface area is 447 Å². The first-order valence-electron chi connectivity index (χ1n) is 26.2. The maximum Gasteiger partial charge on any atom is 0.137 e. The minimum atomic E-state index is -0.428. The normalized spacial score (nSPS) is 12.7. The molecule has 0 saturated heterocycles. The van der Waals surface area contributed by atoms with Crippen LogP contribution in [0.4, 0.5) is 17.1 Å². The van der Waals surface area contributed by atoms with Gasteiger partial charge in [-0.05, 0) is 157 Å². The second kappa shape index (κ2) is 17.3. The van der Waals surface area contributed by atoms with Crippen molar-refractivity contribution >= 4 is 60.8 Å². The third kappa shape index (κ3) is 6.51. The number of fused-ring (bicyclic) bond motifs is 16. The van der Waals surface area contributed by atoms with Gasteiger partial charge in [-0.3, -0.25) is 0 Å². The standard InChI is InChI=1S/C73H46N2O.CH4/c1-3-18-47(19-4-1)48-36-40-53(41-37-48)74(54-23-15-20-51(44-54)55-28-16-32-65-71(55)59-27-9-13-31-64(59)73(65)62-29-11-7-24-56(62)57-25-8-12-30-63(57)73)68-34-17-35-70-72(68)61-46-50(39-43-69(61)76-70)49-38-42-67-60(45-49)58-26-10-14-33-66(58)75(67)52-21-5-2-6-22-52;/h1-46H;1H4. The number of hydrogen-bond donors (Lipinski definition) is 0. The van der Waals surface area contributed by atoms with E-state index in [-0.39, 0.29) is 7.43 Å². The molecule has 0 saturated carbocycles. The molecule has 0 N–H and O–H groups in total. The predicted octanol–water partition coefficient (Wildman–Crippen LogP) is 20.1. The Morgan fingerprint density at radius 2 is 0.870 bits per heavy atom. The monoisotopic (exact) mass is 982 g/mol. The number of para-hydroxylation sites is 2. The van der Waals surface area contributed by atoms with E-state index in [1.54, 1.807) is 0 Å². The minimum absolute atomic E-state index is 0. The zero-order chi connectivity index (χ0) is 49.9. The van der Waals surface area contributed by atoms with Crippen molar-refractivity contribution in [2.75, 3.05) is 4.90 Å². The summed E-state index contributed by atoms with van der Waals surface area (Å²) >= 11 is 0. The largest absolute Gasteiger partial charge is 0.456 e. The van der Waals surface area contributed by atoms with Gasteiger partial charge < -0.3 is 13.9 Å². The maximum atomic E-state index is 6.81. The van der Waals surface area contributed by atoms with E-state index in [2.05, 4.69) is 289 Å². The summed E-state index contributed by atoms with van der Waals surface area (Å²) in [4.78, 5) is 2.43. The molecule has 362 valence electrons. The molecule has 0 amide bonds. The Kier molecular flexibility index (Phi) is 10.0. The van der Waals surface area contributed by atoms with Gasteiger partial charge in [-0.2, -0.15) is 0 Å². The van der Waals surface area contributed by atoms with Crippen LogP contribution in [0.5, 0.6) is 0 Å². The van der Waals surface area contributed by atoms with Gasteiger partial charge in [-0.25, -0.2) is 0 Å². The van der Waals surface area contributed by atoms with Gasteiger partial charge in [0.1, 0.15) is 11.2 Å². The lowest BCUT2D eigenvalue weighted by Gasteiger charge is -2.30. The van der Waals surface area contributed by atoms with Gasteiger partial charge in [0.25, 0.3) is 0 Å². The summed E-state index contributed by atoms with van der Waals surface area (Å²) in [6.07, 6.45) is 0. The summed E-state index contributed by atoms with van der Waals surface area (Å²) < 4.78 is 9.18. The number of furan rings is 1. The molecule has 2 aliphatic rings. The number of rotatable bonds is 7. The van der Waals surface area contributed by atoms with Crippen LogP contribution in [0.3, 0.4) is 0 Å². The van der Waals surface area contributed by atoms with Crippen LogP contribution in [-0.4, -0.2) is 4.57 Å². The van der Waals surface area contributed by atoms with Crippen molar-refractivity contribution in [1.82, 2.24) is 4.57 Å². The summed E-state index contributed by atoms with van der Waals surface area (Å²) in [7, 11) is 0. The van der Waals surface area contributed by atoms with Crippen LogP contribution in [0, 0.1) is 0 Å². The van der Waals surface area contributed by atoms with E-state index in [1.165, 1.54) is 83.0 Å². The van der Waals surface area contributed by atoms with Crippen molar-refractivity contribution in [3.63, 3.8) is 0 Å². The van der Waals surface area contributed by atoms with E-state index in [0.717, 1.165) is 61.4 Å². The van der Waals surface area contributed by atoms with E-state index in [4.69, 9.17) is 4.42 Å². The zero-order valence-electron chi connectivity index (χ0n) is 41.4. The molecule has 0 atom stereocenters. The molecule has 0 fully saturated rings. The fraction of sp³-hybridized carbons (Fsp3) is 0.0270. The first-order valence-corrected chi connectivity index (χ1v) is 26.2. The van der Waals surface area contributed by atoms with Crippen molar-refractivity contribution in [3.05, 3.63) is 301 Å². The van der Waals surface area contributed by atoms with Crippen LogP contribution in [-0.2, 0) is 5.41 Å². The van der Waals surface area contributed by atoms with Gasteiger partial charge in [-0.1, -0.05) is 208 Å². The summed E-state index contributed by atoms with van der Waals surface area (Å²) in [6.45, 7) is 0. The third-order valence-electron chi connectivity index (χ3n) is 16.4. The molecule has 0 bridgehead atoms. The van der Waals surface area contributed by atoms with Gasteiger partial charge in [0.2, 0.25) is 0 Å². The molecule has 77 heavy (non-hydrogen) atoms. The van der Waals surface area contributed by atoms with E-state index in [0.29, 0.717) is 0 Å². The van der Waals surface area contributed by atoms with Gasteiger partial charge >= 0.3 is 0 Å². The second-order valence-corrected chi connectivity index (χ2v) is 20.3. The van der Waals surface area contributed by atoms with Gasteiger partial charge in [0.15, 0.2) is 0 Å². The lowest BCUT2D eigenvalue weighted by atomic mass is 9.70. The second-order valence-electron chi connectivity index (χ2n) is 20.3. The summed E-state index contributed by atoms with van der Waals surface area (Å²) in [5, 5.41) is 4.58. The Morgan fingerprint density at radius 3 is 1.64 bits per heavy atom. The Hall–Kier alpha value is -9.96. The van der Waals surface area contributed by atoms with Gasteiger partial charge in [0, 0.05) is 33.2 Å². The zero-order valence-corrected chi connectivity index (χ0v) is 41.4. The fourth-order valence-electron chi connectivity index (χ4n) is 13.2. The van der Waals surface area contributed by atoms with Crippen LogP contribution in [0.2, 0.25) is 0 Å². The highest BCUT2D eigenvalue weighted by Gasteiger charge is 2.52.